The van der Waals surface area contributed by atoms with Crippen LogP contribution in [-0.2, 0) is 25.7 Å². The van der Waals surface area contributed by atoms with Gasteiger partial charge in [-0.3, -0.25) is 33.2 Å². The van der Waals surface area contributed by atoms with Gasteiger partial charge in [0.2, 0.25) is 17.6 Å². The van der Waals surface area contributed by atoms with Crippen LogP contribution < -0.4 is 26.8 Å². The van der Waals surface area contributed by atoms with E-state index in [9.17, 15) is 28.8 Å². The summed E-state index contributed by atoms with van der Waals surface area (Å²) in [6, 6.07) is 1.80. The van der Waals surface area contributed by atoms with Crippen LogP contribution in [0.15, 0.2) is 40.9 Å². The van der Waals surface area contributed by atoms with E-state index in [-0.39, 0.29) is 49.3 Å². The summed E-state index contributed by atoms with van der Waals surface area (Å²) in [4.78, 5) is 81.1. The van der Waals surface area contributed by atoms with Gasteiger partial charge in [0.15, 0.2) is 4.96 Å². The number of ketones is 1. The molecule has 0 saturated heterocycles. The van der Waals surface area contributed by atoms with Crippen LogP contribution in [-0.4, -0.2) is 62.0 Å². The predicted octanol–water partition coefficient (Wildman–Crippen LogP) is 1.08. The Kier molecular flexibility index (Phi) is 8.80. The molecule has 3 aromatic heterocycles. The number of fused-ring (bicyclic) bond motifs is 3. The lowest BCUT2D eigenvalue weighted by molar-refractivity contribution is -0.138. The molecule has 5 rings (SSSR count). The van der Waals surface area contributed by atoms with Crippen molar-refractivity contribution in [2.45, 2.75) is 64.1 Å². The largest absolute Gasteiger partial charge is 0.352 e. The van der Waals surface area contributed by atoms with Gasteiger partial charge in [-0.2, -0.15) is 0 Å². The molecule has 222 valence electrons. The molecule has 0 aromatic carbocycles. The summed E-state index contributed by atoms with van der Waals surface area (Å²) >= 11 is 1.33. The van der Waals surface area contributed by atoms with Crippen molar-refractivity contribution in [3.63, 3.8) is 0 Å². The second-order valence-corrected chi connectivity index (χ2v) is 11.6. The van der Waals surface area contributed by atoms with E-state index in [1.165, 1.54) is 46.9 Å². The smallest absolute Gasteiger partial charge is 0.287 e. The number of aromatic nitrogens is 3. The molecule has 42 heavy (non-hydrogen) atoms. The van der Waals surface area contributed by atoms with Crippen LogP contribution in [0.1, 0.15) is 55.9 Å². The van der Waals surface area contributed by atoms with Gasteiger partial charge in [-0.25, -0.2) is 4.98 Å². The molecule has 2 saturated carbocycles. The Morgan fingerprint density at radius 1 is 1.14 bits per heavy atom. The van der Waals surface area contributed by atoms with Crippen molar-refractivity contribution in [3.05, 3.63) is 52.2 Å². The molecule has 13 nitrogen and oxygen atoms in total. The molecule has 2 aliphatic rings. The number of Topliss-reactive ketones (excluding diaryl/α,β-unsaturated/α-hetero) is 1. The zero-order valence-electron chi connectivity index (χ0n) is 23.1. The monoisotopic (exact) mass is 595 g/mol. The number of imidazole rings is 1. The summed E-state index contributed by atoms with van der Waals surface area (Å²) in [6.45, 7) is 1.74. The molecule has 3 heterocycles. The average Bonchev–Trinajstić information content (AvgIpc) is 3.75. The first-order chi connectivity index (χ1) is 20.2. The van der Waals surface area contributed by atoms with Crippen molar-refractivity contribution in [1.82, 2.24) is 29.9 Å². The Labute approximate surface area is 245 Å². The highest BCUT2D eigenvalue weighted by Crippen LogP contribution is 2.44. The molecule has 0 aliphatic heterocycles. The van der Waals surface area contributed by atoms with E-state index in [1.54, 1.807) is 17.5 Å². The third kappa shape index (κ3) is 6.59. The van der Waals surface area contributed by atoms with Crippen molar-refractivity contribution in [1.29, 1.82) is 0 Å². The Hall–Kier alpha value is -4.33. The summed E-state index contributed by atoms with van der Waals surface area (Å²) < 4.78 is 2.87. The lowest BCUT2D eigenvalue weighted by Crippen LogP contribution is -2.45. The fraction of sp³-hybridized carbons (Fsp3) is 0.464. The highest BCUT2D eigenvalue weighted by atomic mass is 32.1. The summed E-state index contributed by atoms with van der Waals surface area (Å²) in [6.07, 6.45) is 8.63. The van der Waals surface area contributed by atoms with Crippen LogP contribution in [0, 0.1) is 11.8 Å². The normalized spacial score (nSPS) is 19.8. The van der Waals surface area contributed by atoms with E-state index < -0.39 is 35.1 Å². The van der Waals surface area contributed by atoms with Gasteiger partial charge in [0.05, 0.1) is 0 Å². The zero-order valence-corrected chi connectivity index (χ0v) is 23.9. The van der Waals surface area contributed by atoms with Crippen molar-refractivity contribution in [2.24, 2.45) is 11.8 Å². The highest BCUT2D eigenvalue weighted by molar-refractivity contribution is 7.15. The van der Waals surface area contributed by atoms with Gasteiger partial charge in [-0.05, 0) is 56.6 Å². The Bertz CT molecular complexity index is 1550. The molecule has 14 heteroatoms. The zero-order chi connectivity index (χ0) is 29.8. The number of hydrogen-bond donors (Lipinski definition) is 4. The first-order valence-corrected chi connectivity index (χ1v) is 14.9. The van der Waals surface area contributed by atoms with Gasteiger partial charge in [-0.1, -0.05) is 6.42 Å². The van der Waals surface area contributed by atoms with E-state index in [2.05, 4.69) is 26.3 Å². The average molecular weight is 596 g/mol. The summed E-state index contributed by atoms with van der Waals surface area (Å²) in [5.41, 5.74) is -0.614. The fourth-order valence-corrected chi connectivity index (χ4v) is 6.49. The van der Waals surface area contributed by atoms with Crippen LogP contribution in [0.2, 0.25) is 0 Å². The van der Waals surface area contributed by atoms with E-state index >= 15 is 0 Å². The number of carbonyl (C=O) groups is 5. The lowest BCUT2D eigenvalue weighted by atomic mass is 9.95. The molecule has 0 radical (unpaired) electrons. The third-order valence-electron chi connectivity index (χ3n) is 7.87. The van der Waals surface area contributed by atoms with Crippen molar-refractivity contribution >= 4 is 51.4 Å². The number of anilines is 1. The van der Waals surface area contributed by atoms with E-state index in [4.69, 9.17) is 0 Å². The van der Waals surface area contributed by atoms with Crippen LogP contribution in [0.5, 0.6) is 0 Å². The van der Waals surface area contributed by atoms with Gasteiger partial charge in [-0.15, -0.1) is 11.3 Å². The predicted molar refractivity (Wildman–Crippen MR) is 154 cm³/mol. The lowest BCUT2D eigenvalue weighted by Gasteiger charge is -2.23. The van der Waals surface area contributed by atoms with Crippen LogP contribution >= 0.6 is 11.3 Å². The third-order valence-corrected chi connectivity index (χ3v) is 8.65. The van der Waals surface area contributed by atoms with Gasteiger partial charge in [0, 0.05) is 43.0 Å². The molecule has 3 aromatic rings. The fourth-order valence-electron chi connectivity index (χ4n) is 5.79. The van der Waals surface area contributed by atoms with Crippen LogP contribution in [0.25, 0.3) is 4.96 Å². The quantitative estimate of drug-likeness (QED) is 0.227. The first kappa shape index (κ1) is 29.2. The number of pyridine rings is 1. The number of amides is 4. The molecule has 0 spiro atoms. The molecule has 3 unspecified atom stereocenters. The second-order valence-electron chi connectivity index (χ2n) is 10.8. The standard InChI is InChI=1S/C28H33N7O6S/c1-2-29-26(40)22(36)8-7-18(31-25(39)21-14-35-10-11-42-28(35)33-21)24(38)32-19-4-3-9-34(27(19)41)15-23(37)30-20-13-16-5-6-17(20)12-16/h3-4,9-11,14,16-18,20H,2,5-8,12-13,15H2,1H3,(H,29,40)(H,30,37)(H,31,39)(H,32,38)/t16?,17?,18-,20?/m0/s1. The molecule has 4 atom stereocenters. The molecule has 4 amide bonds. The minimum atomic E-state index is -1.26. The number of hydrogen-bond acceptors (Lipinski definition) is 8. The van der Waals surface area contributed by atoms with E-state index in [0.717, 1.165) is 19.3 Å². The summed E-state index contributed by atoms with van der Waals surface area (Å²) in [7, 11) is 0. The number of nitrogens with zero attached hydrogens (tertiary/aromatic N) is 3. The Balaban J connectivity index is 1.26. The molecule has 2 bridgehead atoms. The van der Waals surface area contributed by atoms with Gasteiger partial charge < -0.3 is 25.8 Å². The van der Waals surface area contributed by atoms with Gasteiger partial charge >= 0.3 is 0 Å². The Morgan fingerprint density at radius 3 is 2.69 bits per heavy atom. The molecular formula is C28H33N7O6S. The maximum atomic E-state index is 13.3. The number of rotatable bonds is 12. The molecule has 2 aliphatic carbocycles. The molecule has 2 fully saturated rings. The minimum absolute atomic E-state index is 0.0678. The number of likely N-dealkylation sites (N-methyl/N-ethyl adjacent to an activating group) is 1. The Morgan fingerprint density at radius 2 is 1.98 bits per heavy atom. The van der Waals surface area contributed by atoms with Crippen LogP contribution in [0.3, 0.4) is 0 Å². The van der Waals surface area contributed by atoms with Crippen molar-refractivity contribution in [3.8, 4) is 0 Å². The maximum absolute atomic E-state index is 13.3. The van der Waals surface area contributed by atoms with Crippen LogP contribution in [0.4, 0.5) is 5.69 Å². The number of thiazole rings is 1. The maximum Gasteiger partial charge on any atom is 0.287 e. The number of nitrogens with one attached hydrogen (secondary N) is 4. The van der Waals surface area contributed by atoms with E-state index in [0.29, 0.717) is 16.8 Å². The highest BCUT2D eigenvalue weighted by Gasteiger charge is 2.40. The summed E-state index contributed by atoms with van der Waals surface area (Å²) in [5, 5.41) is 12.4. The minimum Gasteiger partial charge on any atom is -0.352 e. The number of carbonyl (C=O) groups excluding carboxylic acids is 5. The molecular weight excluding hydrogens is 562 g/mol. The molecule has 4 N–H and O–H groups in total. The van der Waals surface area contributed by atoms with Gasteiger partial charge in [0.25, 0.3) is 17.4 Å². The first-order valence-electron chi connectivity index (χ1n) is 14.1. The summed E-state index contributed by atoms with van der Waals surface area (Å²) in [5.74, 6) is -2.05. The SMILES string of the molecule is CCNC(=O)C(=O)CC[C@H](NC(=O)c1cn2ccsc2n1)C(=O)Nc1cccn(CC(=O)NC2CC3CCC2C3)c1=O. The second kappa shape index (κ2) is 12.7. The van der Waals surface area contributed by atoms with Crippen molar-refractivity contribution < 1.29 is 24.0 Å². The van der Waals surface area contributed by atoms with Crippen molar-refractivity contribution in [2.75, 3.05) is 11.9 Å². The van der Waals surface area contributed by atoms with Gasteiger partial charge in [0.1, 0.15) is 24.0 Å². The topological polar surface area (TPSA) is 173 Å². The van der Waals surface area contributed by atoms with E-state index in [1.807, 2.05) is 5.38 Å².